The molecule has 2 aromatic carbocycles. The largest absolute Gasteiger partial charge is 0.425 e. The van der Waals surface area contributed by atoms with Crippen molar-refractivity contribution in [2.75, 3.05) is 19.6 Å². The maximum atomic E-state index is 11.9. The van der Waals surface area contributed by atoms with Gasteiger partial charge in [0.15, 0.2) is 0 Å². The Morgan fingerprint density at radius 2 is 1.07 bits per heavy atom. The molecule has 0 aliphatic heterocycles. The van der Waals surface area contributed by atoms with E-state index in [-0.39, 0.29) is 19.3 Å². The Hall–Kier alpha value is -3.92. The summed E-state index contributed by atoms with van der Waals surface area (Å²) in [6, 6.07) is 18.4. The van der Waals surface area contributed by atoms with Crippen molar-refractivity contribution in [1.29, 1.82) is 0 Å². The standard InChI is InChI=1S/C30H40N2O8/c1-23(38-28(34)21-25-13-6-3-7-14-25)37-27(33)17-12-19-31-18-10-5-11-20-32-30(36)40-24(2)39-29(35)22-26-15-8-4-9-16-26/h3-4,6-9,13-16,23-24,31H,5,10-12,17-22H2,1-2H3,(H,32,36). The quantitative estimate of drug-likeness (QED) is 0.159. The lowest BCUT2D eigenvalue weighted by atomic mass is 10.2. The Morgan fingerprint density at radius 1 is 0.600 bits per heavy atom. The molecule has 0 fully saturated rings. The number of ether oxygens (including phenoxy) is 4. The predicted molar refractivity (Wildman–Crippen MR) is 148 cm³/mol. The zero-order valence-corrected chi connectivity index (χ0v) is 23.3. The minimum absolute atomic E-state index is 0.111. The molecule has 0 aliphatic rings. The zero-order valence-electron chi connectivity index (χ0n) is 23.3. The van der Waals surface area contributed by atoms with E-state index < -0.39 is 36.6 Å². The number of amides is 1. The normalized spacial score (nSPS) is 12.1. The maximum Gasteiger partial charge on any atom is 0.410 e. The average molecular weight is 557 g/mol. The molecule has 0 radical (unpaired) electrons. The summed E-state index contributed by atoms with van der Waals surface area (Å²) in [7, 11) is 0. The Labute approximate surface area is 235 Å². The third kappa shape index (κ3) is 15.5. The number of esters is 3. The summed E-state index contributed by atoms with van der Waals surface area (Å²) < 4.78 is 20.4. The second-order valence-electron chi connectivity index (χ2n) is 9.18. The van der Waals surface area contributed by atoms with Gasteiger partial charge in [-0.25, -0.2) is 4.79 Å². The molecular formula is C30H40N2O8. The number of hydrogen-bond donors (Lipinski definition) is 2. The SMILES string of the molecule is CC(OC(=O)CCCNCCCCCNC(=O)OC(C)OC(=O)Cc1ccccc1)OC(=O)Cc1ccccc1. The van der Waals surface area contributed by atoms with Crippen LogP contribution in [0.25, 0.3) is 0 Å². The van der Waals surface area contributed by atoms with Crippen LogP contribution in [0.5, 0.6) is 0 Å². The minimum Gasteiger partial charge on any atom is -0.425 e. The van der Waals surface area contributed by atoms with Crippen LogP contribution in [0, 0.1) is 0 Å². The van der Waals surface area contributed by atoms with E-state index in [0.29, 0.717) is 19.5 Å². The van der Waals surface area contributed by atoms with Crippen molar-refractivity contribution in [1.82, 2.24) is 10.6 Å². The summed E-state index contributed by atoms with van der Waals surface area (Å²) in [6.45, 7) is 4.90. The summed E-state index contributed by atoms with van der Waals surface area (Å²) in [5.41, 5.74) is 1.66. The molecule has 2 atom stereocenters. The van der Waals surface area contributed by atoms with Gasteiger partial charge in [-0.2, -0.15) is 0 Å². The second kappa shape index (κ2) is 19.2. The molecule has 2 rings (SSSR count). The van der Waals surface area contributed by atoms with E-state index >= 15 is 0 Å². The third-order valence-electron chi connectivity index (χ3n) is 5.58. The molecule has 0 aromatic heterocycles. The summed E-state index contributed by atoms with van der Waals surface area (Å²) >= 11 is 0. The molecule has 2 aromatic rings. The smallest absolute Gasteiger partial charge is 0.410 e. The summed E-state index contributed by atoms with van der Waals surface area (Å²) in [5.74, 6) is -1.33. The molecule has 2 unspecified atom stereocenters. The van der Waals surface area contributed by atoms with Gasteiger partial charge in [0.25, 0.3) is 0 Å². The van der Waals surface area contributed by atoms with E-state index in [1.165, 1.54) is 13.8 Å². The van der Waals surface area contributed by atoms with E-state index in [1.807, 2.05) is 60.7 Å². The van der Waals surface area contributed by atoms with Gasteiger partial charge < -0.3 is 29.6 Å². The van der Waals surface area contributed by atoms with Crippen LogP contribution in [0.2, 0.25) is 0 Å². The van der Waals surface area contributed by atoms with Crippen LogP contribution >= 0.6 is 0 Å². The molecule has 40 heavy (non-hydrogen) atoms. The van der Waals surface area contributed by atoms with Crippen molar-refractivity contribution >= 4 is 24.0 Å². The van der Waals surface area contributed by atoms with Gasteiger partial charge in [-0.05, 0) is 43.5 Å². The lowest BCUT2D eigenvalue weighted by molar-refractivity contribution is -0.184. The van der Waals surface area contributed by atoms with Gasteiger partial charge in [-0.15, -0.1) is 0 Å². The number of carbonyl (C=O) groups is 4. The molecule has 0 saturated heterocycles. The van der Waals surface area contributed by atoms with Crippen LogP contribution in [-0.4, -0.2) is 56.2 Å². The molecule has 10 heteroatoms. The molecule has 2 N–H and O–H groups in total. The van der Waals surface area contributed by atoms with E-state index in [4.69, 9.17) is 18.9 Å². The molecular weight excluding hydrogens is 516 g/mol. The zero-order chi connectivity index (χ0) is 29.0. The van der Waals surface area contributed by atoms with E-state index in [0.717, 1.165) is 36.9 Å². The van der Waals surface area contributed by atoms with Crippen LogP contribution in [-0.2, 0) is 46.2 Å². The molecule has 0 bridgehead atoms. The lowest BCUT2D eigenvalue weighted by Gasteiger charge is -2.14. The fourth-order valence-electron chi connectivity index (χ4n) is 3.69. The van der Waals surface area contributed by atoms with Gasteiger partial charge in [0, 0.05) is 26.8 Å². The van der Waals surface area contributed by atoms with Gasteiger partial charge in [0.05, 0.1) is 12.8 Å². The Bertz CT molecular complexity index is 949. The highest BCUT2D eigenvalue weighted by atomic mass is 16.7. The highest BCUT2D eigenvalue weighted by Gasteiger charge is 2.15. The monoisotopic (exact) mass is 556 g/mol. The Balaban J connectivity index is 1.39. The van der Waals surface area contributed by atoms with Crippen molar-refractivity contribution in [3.05, 3.63) is 71.8 Å². The fraction of sp³-hybridized carbons (Fsp3) is 0.467. The minimum atomic E-state index is -0.976. The van der Waals surface area contributed by atoms with Crippen molar-refractivity contribution in [3.8, 4) is 0 Å². The van der Waals surface area contributed by atoms with Crippen molar-refractivity contribution in [2.24, 2.45) is 0 Å². The number of benzene rings is 2. The molecule has 0 saturated carbocycles. The van der Waals surface area contributed by atoms with Gasteiger partial charge in [-0.1, -0.05) is 67.1 Å². The van der Waals surface area contributed by atoms with Crippen LogP contribution in [0.15, 0.2) is 60.7 Å². The Kier molecular flexibility index (Phi) is 15.5. The second-order valence-corrected chi connectivity index (χ2v) is 9.18. The average Bonchev–Trinajstić information content (AvgIpc) is 2.90. The summed E-state index contributed by atoms with van der Waals surface area (Å²) in [5, 5.41) is 5.90. The molecule has 0 spiro atoms. The van der Waals surface area contributed by atoms with E-state index in [1.54, 1.807) is 0 Å². The number of unbranched alkanes of at least 4 members (excludes halogenated alkanes) is 2. The highest BCUT2D eigenvalue weighted by Crippen LogP contribution is 2.06. The number of rotatable bonds is 18. The van der Waals surface area contributed by atoms with Crippen LogP contribution in [0.3, 0.4) is 0 Å². The first kappa shape index (κ1) is 32.3. The van der Waals surface area contributed by atoms with E-state index in [2.05, 4.69) is 10.6 Å². The number of hydrogen-bond acceptors (Lipinski definition) is 9. The molecule has 218 valence electrons. The van der Waals surface area contributed by atoms with Gasteiger partial charge in [0.1, 0.15) is 0 Å². The first-order valence-electron chi connectivity index (χ1n) is 13.6. The maximum absolute atomic E-state index is 11.9. The van der Waals surface area contributed by atoms with Crippen molar-refractivity contribution in [2.45, 2.75) is 71.4 Å². The molecule has 10 nitrogen and oxygen atoms in total. The van der Waals surface area contributed by atoms with Gasteiger partial charge in [-0.3, -0.25) is 14.4 Å². The summed E-state index contributed by atoms with van der Waals surface area (Å²) in [4.78, 5) is 47.6. The van der Waals surface area contributed by atoms with Crippen molar-refractivity contribution in [3.63, 3.8) is 0 Å². The van der Waals surface area contributed by atoms with Crippen molar-refractivity contribution < 1.29 is 38.1 Å². The molecule has 1 amide bonds. The lowest BCUT2D eigenvalue weighted by Crippen LogP contribution is -2.31. The molecule has 0 aliphatic carbocycles. The number of nitrogens with one attached hydrogen (secondary N) is 2. The number of alkyl carbamates (subject to hydrolysis) is 1. The first-order chi connectivity index (χ1) is 19.3. The summed E-state index contributed by atoms with van der Waals surface area (Å²) in [6.07, 6.45) is 1.09. The predicted octanol–water partition coefficient (Wildman–Crippen LogP) is 4.06. The first-order valence-corrected chi connectivity index (χ1v) is 13.6. The van der Waals surface area contributed by atoms with Gasteiger partial charge in [0.2, 0.25) is 12.6 Å². The number of carbonyl (C=O) groups excluding carboxylic acids is 4. The third-order valence-corrected chi connectivity index (χ3v) is 5.58. The van der Waals surface area contributed by atoms with E-state index in [9.17, 15) is 19.2 Å². The fourth-order valence-corrected chi connectivity index (χ4v) is 3.69. The van der Waals surface area contributed by atoms with Gasteiger partial charge >= 0.3 is 24.0 Å². The van der Waals surface area contributed by atoms with Crippen LogP contribution in [0.1, 0.15) is 57.1 Å². The van der Waals surface area contributed by atoms with Crippen LogP contribution < -0.4 is 10.6 Å². The topological polar surface area (TPSA) is 129 Å². The Morgan fingerprint density at radius 3 is 1.65 bits per heavy atom. The highest BCUT2D eigenvalue weighted by molar-refractivity contribution is 5.74. The molecule has 0 heterocycles. The van der Waals surface area contributed by atoms with Crippen LogP contribution in [0.4, 0.5) is 4.79 Å².